The second kappa shape index (κ2) is 11.3. The SMILES string of the molecule is BN(C)[C@@H](C)C(=O)N[C@H](C(=O)N1C[C@@H](N=[N+]=[N-])C[C@H]1C(=O)N[C@@H]1CCCc2ccccc21)C(C)(C)C. The van der Waals surface area contributed by atoms with E-state index in [9.17, 15) is 14.4 Å². The molecule has 1 aliphatic carbocycles. The first-order chi connectivity index (χ1) is 16.9. The molecule has 0 saturated carbocycles. The van der Waals surface area contributed by atoms with Crippen LogP contribution in [-0.2, 0) is 20.8 Å². The Bertz CT molecular complexity index is 1030. The summed E-state index contributed by atoms with van der Waals surface area (Å²) in [5, 5.41) is 9.88. The Morgan fingerprint density at radius 3 is 2.61 bits per heavy atom. The molecule has 3 amide bonds. The Morgan fingerprint density at radius 2 is 1.97 bits per heavy atom. The van der Waals surface area contributed by atoms with Gasteiger partial charge < -0.3 is 20.3 Å². The largest absolute Gasteiger partial charge is 0.347 e. The van der Waals surface area contributed by atoms with E-state index in [1.54, 1.807) is 26.8 Å². The second-order valence-corrected chi connectivity index (χ2v) is 11.2. The van der Waals surface area contributed by atoms with Gasteiger partial charge in [-0.15, -0.1) is 0 Å². The van der Waals surface area contributed by atoms with Crippen molar-refractivity contribution >= 4 is 25.7 Å². The highest BCUT2D eigenvalue weighted by Gasteiger charge is 2.45. The molecule has 1 heterocycles. The molecule has 0 unspecified atom stereocenters. The molecule has 36 heavy (non-hydrogen) atoms. The molecule has 10 nitrogen and oxygen atoms in total. The number of hydrogen-bond donors (Lipinski definition) is 2. The van der Waals surface area contributed by atoms with Gasteiger partial charge in [0.15, 0.2) is 7.98 Å². The Labute approximate surface area is 214 Å². The average Bonchev–Trinajstić information content (AvgIpc) is 3.25. The van der Waals surface area contributed by atoms with Gasteiger partial charge in [0.2, 0.25) is 17.7 Å². The third kappa shape index (κ3) is 6.20. The normalized spacial score (nSPS) is 23.3. The van der Waals surface area contributed by atoms with Gasteiger partial charge >= 0.3 is 0 Å². The van der Waals surface area contributed by atoms with Gasteiger partial charge in [-0.1, -0.05) is 50.2 Å². The number of aryl methyl sites for hydroxylation is 1. The fourth-order valence-electron chi connectivity index (χ4n) is 4.95. The van der Waals surface area contributed by atoms with E-state index in [0.29, 0.717) is 0 Å². The Kier molecular flexibility index (Phi) is 8.69. The number of azide groups is 1. The number of likely N-dealkylation sites (N-methyl/N-ethyl adjacent to an activating group) is 1. The minimum atomic E-state index is -0.845. The lowest BCUT2D eigenvalue weighted by atomic mass is 9.85. The Balaban J connectivity index is 1.84. The van der Waals surface area contributed by atoms with E-state index < -0.39 is 29.6 Å². The van der Waals surface area contributed by atoms with Crippen LogP contribution >= 0.6 is 0 Å². The molecule has 0 aromatic heterocycles. The number of nitrogens with zero attached hydrogens (tertiary/aromatic N) is 5. The van der Waals surface area contributed by atoms with Gasteiger partial charge in [0, 0.05) is 11.5 Å². The fourth-order valence-corrected chi connectivity index (χ4v) is 4.95. The number of fused-ring (bicyclic) bond motifs is 1. The van der Waals surface area contributed by atoms with Crippen LogP contribution in [0.1, 0.15) is 64.1 Å². The van der Waals surface area contributed by atoms with Crippen molar-refractivity contribution in [3.63, 3.8) is 0 Å². The van der Waals surface area contributed by atoms with Gasteiger partial charge in [0.05, 0.1) is 18.1 Å². The van der Waals surface area contributed by atoms with E-state index >= 15 is 0 Å². The van der Waals surface area contributed by atoms with Crippen LogP contribution in [0.25, 0.3) is 10.4 Å². The second-order valence-electron chi connectivity index (χ2n) is 11.2. The maximum atomic E-state index is 13.9. The van der Waals surface area contributed by atoms with Crippen molar-refractivity contribution in [1.82, 2.24) is 20.3 Å². The van der Waals surface area contributed by atoms with Crippen LogP contribution in [0.15, 0.2) is 29.4 Å². The molecule has 0 spiro atoms. The zero-order chi connectivity index (χ0) is 26.6. The number of rotatable bonds is 7. The van der Waals surface area contributed by atoms with Crippen molar-refractivity contribution in [3.05, 3.63) is 45.8 Å². The number of likely N-dealkylation sites (tertiary alicyclic amines) is 1. The maximum absolute atomic E-state index is 13.9. The maximum Gasteiger partial charge on any atom is 0.246 e. The van der Waals surface area contributed by atoms with E-state index in [-0.39, 0.29) is 36.7 Å². The number of benzene rings is 1. The summed E-state index contributed by atoms with van der Waals surface area (Å²) in [6.07, 6.45) is 3.02. The van der Waals surface area contributed by atoms with Gasteiger partial charge in [-0.2, -0.15) is 0 Å². The molecule has 194 valence electrons. The molecule has 3 rings (SSSR count). The number of carbonyl (C=O) groups excluding carboxylic acids is 3. The molecule has 1 saturated heterocycles. The van der Waals surface area contributed by atoms with Gasteiger partial charge in [-0.05, 0) is 61.7 Å². The van der Waals surface area contributed by atoms with Crippen molar-refractivity contribution in [2.75, 3.05) is 13.6 Å². The van der Waals surface area contributed by atoms with Crippen molar-refractivity contribution < 1.29 is 14.4 Å². The molecule has 1 fully saturated rings. The van der Waals surface area contributed by atoms with Crippen molar-refractivity contribution in [2.24, 2.45) is 10.5 Å². The highest BCUT2D eigenvalue weighted by atomic mass is 16.2. The molecule has 1 aromatic carbocycles. The first-order valence-corrected chi connectivity index (χ1v) is 12.6. The fraction of sp³-hybridized carbons (Fsp3) is 0.640. The molecular formula is C25H38BN7O3. The van der Waals surface area contributed by atoms with Crippen LogP contribution in [-0.4, -0.2) is 73.2 Å². The first-order valence-electron chi connectivity index (χ1n) is 12.6. The van der Waals surface area contributed by atoms with Crippen molar-refractivity contribution in [3.8, 4) is 0 Å². The average molecular weight is 495 g/mol. The van der Waals surface area contributed by atoms with E-state index in [2.05, 4.69) is 26.7 Å². The van der Waals surface area contributed by atoms with E-state index in [4.69, 9.17) is 5.53 Å². The van der Waals surface area contributed by atoms with E-state index in [0.717, 1.165) is 24.8 Å². The lowest BCUT2D eigenvalue weighted by molar-refractivity contribution is -0.144. The topological polar surface area (TPSA) is 131 Å². The standard InChI is InChI=1S/C25H38BN7O3/c1-15(32(5)26)22(34)29-21(25(2,3)4)24(36)33-14-17(30-31-27)13-20(33)23(35)28-19-12-8-10-16-9-6-7-11-18(16)19/h6-7,9,11,15,17,19-21H,8,10,12-14,26H2,1-5H3,(H,28,35)(H,29,34)/t15-,17-,19+,20-,21+/m0/s1. The molecule has 1 aliphatic heterocycles. The third-order valence-electron chi connectivity index (χ3n) is 7.32. The Morgan fingerprint density at radius 1 is 1.28 bits per heavy atom. The summed E-state index contributed by atoms with van der Waals surface area (Å²) < 4.78 is 0. The molecule has 11 heteroatoms. The summed E-state index contributed by atoms with van der Waals surface area (Å²) >= 11 is 0. The lowest BCUT2D eigenvalue weighted by Crippen LogP contribution is -2.59. The van der Waals surface area contributed by atoms with Crippen molar-refractivity contribution in [1.29, 1.82) is 0 Å². The molecule has 0 bridgehead atoms. The summed E-state index contributed by atoms with van der Waals surface area (Å²) in [4.78, 5) is 46.4. The number of hydrogen-bond acceptors (Lipinski definition) is 5. The molecular weight excluding hydrogens is 457 g/mol. The van der Waals surface area contributed by atoms with Gasteiger partial charge in [-0.3, -0.25) is 14.4 Å². The summed E-state index contributed by atoms with van der Waals surface area (Å²) in [6.45, 7) is 7.54. The zero-order valence-corrected chi connectivity index (χ0v) is 22.2. The van der Waals surface area contributed by atoms with Crippen LogP contribution in [0.3, 0.4) is 0 Å². The molecule has 1 aromatic rings. The van der Waals surface area contributed by atoms with Crippen LogP contribution in [0.4, 0.5) is 0 Å². The summed E-state index contributed by atoms with van der Waals surface area (Å²) in [6, 6.07) is 5.41. The van der Waals surface area contributed by atoms with Crippen LogP contribution in [0, 0.1) is 5.41 Å². The van der Waals surface area contributed by atoms with Crippen LogP contribution in [0.5, 0.6) is 0 Å². The predicted octanol–water partition coefficient (Wildman–Crippen LogP) is 1.86. The van der Waals surface area contributed by atoms with Crippen molar-refractivity contribution in [2.45, 2.75) is 83.6 Å². The molecule has 2 aliphatic rings. The third-order valence-corrected chi connectivity index (χ3v) is 7.32. The summed E-state index contributed by atoms with van der Waals surface area (Å²) in [7, 11) is 3.60. The predicted molar refractivity (Wildman–Crippen MR) is 140 cm³/mol. The quantitative estimate of drug-likeness (QED) is 0.259. The number of nitrogens with one attached hydrogen (secondary N) is 2. The van der Waals surface area contributed by atoms with E-state index in [1.807, 2.05) is 39.0 Å². The monoisotopic (exact) mass is 495 g/mol. The number of amides is 3. The molecule has 2 N–H and O–H groups in total. The summed E-state index contributed by atoms with van der Waals surface area (Å²) in [5.41, 5.74) is 10.7. The highest BCUT2D eigenvalue weighted by molar-refractivity contribution is 6.06. The minimum Gasteiger partial charge on any atom is -0.347 e. The van der Waals surface area contributed by atoms with Crippen LogP contribution in [0.2, 0.25) is 0 Å². The smallest absolute Gasteiger partial charge is 0.246 e. The van der Waals surface area contributed by atoms with Gasteiger partial charge in [0.25, 0.3) is 0 Å². The minimum absolute atomic E-state index is 0.128. The molecule has 0 radical (unpaired) electrons. The van der Waals surface area contributed by atoms with Gasteiger partial charge in [0.1, 0.15) is 12.1 Å². The van der Waals surface area contributed by atoms with Crippen LogP contribution < -0.4 is 10.6 Å². The zero-order valence-electron chi connectivity index (χ0n) is 22.2. The number of carbonyl (C=O) groups is 3. The lowest BCUT2D eigenvalue weighted by Gasteiger charge is -2.37. The summed E-state index contributed by atoms with van der Waals surface area (Å²) in [5.74, 6) is -0.873. The molecule has 5 atom stereocenters. The van der Waals surface area contributed by atoms with Gasteiger partial charge in [-0.25, -0.2) is 0 Å². The highest BCUT2D eigenvalue weighted by Crippen LogP contribution is 2.31. The Hall–Kier alpha value is -3.04. The first kappa shape index (κ1) is 27.6. The van der Waals surface area contributed by atoms with E-state index in [1.165, 1.54) is 10.5 Å².